The Morgan fingerprint density at radius 1 is 1.03 bits per heavy atom. The van der Waals surface area contributed by atoms with E-state index in [2.05, 4.69) is 0 Å². The number of hydrogen-bond acceptors (Lipinski definition) is 10. The smallest absolute Gasteiger partial charge is 0.303 e. The summed E-state index contributed by atoms with van der Waals surface area (Å²) in [5.74, 6) is -4.09. The summed E-state index contributed by atoms with van der Waals surface area (Å²) in [6.45, 7) is 6.95. The van der Waals surface area contributed by atoms with E-state index in [1.807, 2.05) is 6.92 Å². The first-order valence-electron chi connectivity index (χ1n) is 9.66. The Balaban J connectivity index is 1.94. The van der Waals surface area contributed by atoms with Crippen LogP contribution in [0, 0.1) is 6.92 Å². The summed E-state index contributed by atoms with van der Waals surface area (Å²) in [6.07, 6.45) is -3.95. The molecule has 0 amide bonds. The van der Waals surface area contributed by atoms with Crippen molar-refractivity contribution in [3.05, 3.63) is 29.8 Å². The van der Waals surface area contributed by atoms with Crippen LogP contribution in [-0.2, 0) is 47.6 Å². The third-order valence-corrected chi connectivity index (χ3v) is 6.13. The summed E-state index contributed by atoms with van der Waals surface area (Å²) in [4.78, 5) is 23.6. The average molecular weight is 458 g/mol. The van der Waals surface area contributed by atoms with Gasteiger partial charge >= 0.3 is 11.9 Å². The van der Waals surface area contributed by atoms with Crippen LogP contribution in [0.25, 0.3) is 0 Å². The van der Waals surface area contributed by atoms with Crippen LogP contribution < -0.4 is 0 Å². The molecular weight excluding hydrogens is 432 g/mol. The summed E-state index contributed by atoms with van der Waals surface area (Å²) in [7, 11) is -4.24. The molecule has 2 saturated heterocycles. The number of hydrogen-bond donors (Lipinski definition) is 0. The molecule has 0 aliphatic carbocycles. The highest BCUT2D eigenvalue weighted by Crippen LogP contribution is 2.42. The fourth-order valence-electron chi connectivity index (χ4n) is 3.48. The molecule has 2 fully saturated rings. The number of carbonyl (C=O) groups is 2. The maximum Gasteiger partial charge on any atom is 0.303 e. The summed E-state index contributed by atoms with van der Waals surface area (Å²) >= 11 is 0. The Kier molecular flexibility index (Phi) is 6.45. The van der Waals surface area contributed by atoms with Gasteiger partial charge in [-0.15, -0.1) is 0 Å². The van der Waals surface area contributed by atoms with E-state index >= 15 is 0 Å². The van der Waals surface area contributed by atoms with Crippen molar-refractivity contribution in [2.24, 2.45) is 0 Å². The van der Waals surface area contributed by atoms with Gasteiger partial charge in [0.05, 0.1) is 11.5 Å². The molecule has 172 valence electrons. The maximum absolute atomic E-state index is 12.8. The van der Waals surface area contributed by atoms with E-state index < -0.39 is 51.9 Å². The molecule has 1 aromatic rings. The molecule has 1 spiro atoms. The van der Waals surface area contributed by atoms with Gasteiger partial charge < -0.3 is 23.7 Å². The summed E-state index contributed by atoms with van der Waals surface area (Å²) < 4.78 is 58.9. The fourth-order valence-corrected chi connectivity index (χ4v) is 4.55. The molecule has 4 unspecified atom stereocenters. The molecule has 0 bridgehead atoms. The first kappa shape index (κ1) is 23.6. The van der Waals surface area contributed by atoms with Gasteiger partial charge in [0.25, 0.3) is 10.1 Å². The molecule has 0 aromatic heterocycles. The quantitative estimate of drug-likeness (QED) is 0.473. The van der Waals surface area contributed by atoms with Crippen molar-refractivity contribution in [2.75, 3.05) is 13.2 Å². The van der Waals surface area contributed by atoms with Gasteiger partial charge in [0.2, 0.25) is 5.79 Å². The predicted octanol–water partition coefficient (Wildman–Crippen LogP) is 1.44. The second kappa shape index (κ2) is 8.47. The van der Waals surface area contributed by atoms with Crippen LogP contribution in [0.1, 0.15) is 33.3 Å². The minimum Gasteiger partial charge on any atom is -0.455 e. The van der Waals surface area contributed by atoms with E-state index in [0.29, 0.717) is 0 Å². The number of carbonyl (C=O) groups excluding carboxylic acids is 2. The van der Waals surface area contributed by atoms with Crippen LogP contribution in [0.5, 0.6) is 0 Å². The molecule has 3 rings (SSSR count). The number of ether oxygens (including phenoxy) is 5. The molecule has 2 aliphatic rings. The minimum absolute atomic E-state index is 0.0782. The lowest BCUT2D eigenvalue weighted by Gasteiger charge is -2.45. The molecule has 0 radical (unpaired) electrons. The first-order chi connectivity index (χ1) is 14.3. The molecule has 2 heterocycles. The topological polar surface area (TPSA) is 124 Å². The third-order valence-electron chi connectivity index (χ3n) is 4.78. The second-order valence-corrected chi connectivity index (χ2v) is 9.49. The standard InChI is InChI=1S/C20H26O10S/c1-12-6-8-15(9-7-12)31(23,24)29-16-10-25-20(11-26-19(4,5)30-20)18(28-14(3)22)17(16)27-13(2)21/h6-9,16-18H,10-11H2,1-5H3. The minimum atomic E-state index is -4.24. The first-order valence-corrected chi connectivity index (χ1v) is 11.1. The van der Waals surface area contributed by atoms with Gasteiger partial charge in [-0.05, 0) is 32.9 Å². The summed E-state index contributed by atoms with van der Waals surface area (Å²) in [6, 6.07) is 6.05. The lowest BCUT2D eigenvalue weighted by atomic mass is 9.96. The van der Waals surface area contributed by atoms with Crippen molar-refractivity contribution >= 4 is 22.1 Å². The zero-order valence-corrected chi connectivity index (χ0v) is 18.8. The van der Waals surface area contributed by atoms with E-state index in [0.717, 1.165) is 19.4 Å². The average Bonchev–Trinajstić information content (AvgIpc) is 2.96. The van der Waals surface area contributed by atoms with Crippen molar-refractivity contribution in [1.29, 1.82) is 0 Å². The van der Waals surface area contributed by atoms with E-state index in [1.165, 1.54) is 12.1 Å². The Morgan fingerprint density at radius 3 is 2.16 bits per heavy atom. The number of aryl methyl sites for hydroxylation is 1. The molecule has 1 aromatic carbocycles. The summed E-state index contributed by atoms with van der Waals surface area (Å²) in [5.41, 5.74) is 0.871. The van der Waals surface area contributed by atoms with Gasteiger partial charge in [-0.3, -0.25) is 13.8 Å². The van der Waals surface area contributed by atoms with Gasteiger partial charge in [-0.2, -0.15) is 8.42 Å². The van der Waals surface area contributed by atoms with Crippen LogP contribution in [0.4, 0.5) is 0 Å². The van der Waals surface area contributed by atoms with Gasteiger partial charge in [0.1, 0.15) is 12.7 Å². The number of benzene rings is 1. The molecule has 0 saturated carbocycles. The van der Waals surface area contributed by atoms with Crippen molar-refractivity contribution in [3.8, 4) is 0 Å². The van der Waals surface area contributed by atoms with E-state index in [9.17, 15) is 18.0 Å². The van der Waals surface area contributed by atoms with Crippen molar-refractivity contribution < 1.29 is 45.9 Å². The van der Waals surface area contributed by atoms with Gasteiger partial charge in [0.15, 0.2) is 18.0 Å². The highest BCUT2D eigenvalue weighted by molar-refractivity contribution is 7.86. The number of rotatable bonds is 5. The van der Waals surface area contributed by atoms with E-state index in [1.54, 1.807) is 26.0 Å². The highest BCUT2D eigenvalue weighted by Gasteiger charge is 2.62. The maximum atomic E-state index is 12.8. The van der Waals surface area contributed by atoms with E-state index in [4.69, 9.17) is 27.9 Å². The van der Waals surface area contributed by atoms with Gasteiger partial charge in [-0.25, -0.2) is 0 Å². The second-order valence-electron chi connectivity index (χ2n) is 7.92. The molecular formula is C20H26O10S. The van der Waals surface area contributed by atoms with Gasteiger partial charge in [-0.1, -0.05) is 17.7 Å². The van der Waals surface area contributed by atoms with Crippen molar-refractivity contribution in [3.63, 3.8) is 0 Å². The van der Waals surface area contributed by atoms with Crippen LogP contribution in [-0.4, -0.2) is 63.5 Å². The summed E-state index contributed by atoms with van der Waals surface area (Å²) in [5, 5.41) is 0. The lowest BCUT2D eigenvalue weighted by molar-refractivity contribution is -0.337. The monoisotopic (exact) mass is 458 g/mol. The predicted molar refractivity (Wildman–Crippen MR) is 104 cm³/mol. The fraction of sp³-hybridized carbons (Fsp3) is 0.600. The molecule has 11 heteroatoms. The Bertz CT molecular complexity index is 939. The molecule has 31 heavy (non-hydrogen) atoms. The number of esters is 2. The molecule has 2 aliphatic heterocycles. The molecule has 0 N–H and O–H groups in total. The third kappa shape index (κ3) is 5.24. The van der Waals surface area contributed by atoms with Crippen molar-refractivity contribution in [2.45, 2.75) is 69.4 Å². The Labute approximate surface area is 180 Å². The Hall–Kier alpha value is -2.05. The zero-order valence-electron chi connectivity index (χ0n) is 17.9. The largest absolute Gasteiger partial charge is 0.455 e. The lowest BCUT2D eigenvalue weighted by Crippen LogP contribution is -2.65. The van der Waals surface area contributed by atoms with Crippen molar-refractivity contribution in [1.82, 2.24) is 0 Å². The highest BCUT2D eigenvalue weighted by atomic mass is 32.2. The van der Waals surface area contributed by atoms with Crippen LogP contribution >= 0.6 is 0 Å². The SMILES string of the molecule is CC(=O)OC1C(OS(=O)(=O)c2ccc(C)cc2)COC2(COC(C)(C)O2)C1OC(C)=O. The van der Waals surface area contributed by atoms with Crippen LogP contribution in [0.15, 0.2) is 29.2 Å². The Morgan fingerprint density at radius 2 is 1.65 bits per heavy atom. The van der Waals surface area contributed by atoms with Gasteiger partial charge in [0, 0.05) is 13.8 Å². The van der Waals surface area contributed by atoms with Crippen LogP contribution in [0.3, 0.4) is 0 Å². The van der Waals surface area contributed by atoms with Crippen LogP contribution in [0.2, 0.25) is 0 Å². The normalized spacial score (nSPS) is 30.2. The molecule has 10 nitrogen and oxygen atoms in total. The van der Waals surface area contributed by atoms with E-state index in [-0.39, 0.29) is 18.1 Å². The molecule has 4 atom stereocenters. The zero-order chi connectivity index (χ0) is 23.0.